The van der Waals surface area contributed by atoms with Gasteiger partial charge in [-0.1, -0.05) is 30.1 Å². The summed E-state index contributed by atoms with van der Waals surface area (Å²) in [7, 11) is 2.11. The van der Waals surface area contributed by atoms with Crippen molar-refractivity contribution >= 4 is 34.6 Å². The van der Waals surface area contributed by atoms with E-state index >= 15 is 0 Å². The lowest BCUT2D eigenvalue weighted by Gasteiger charge is -2.38. The Balaban J connectivity index is 2.12. The van der Waals surface area contributed by atoms with Crippen LogP contribution in [0.4, 0.5) is 11.4 Å². The molecule has 1 fully saturated rings. The molecule has 5 nitrogen and oxygen atoms in total. The molecule has 116 valence electrons. The maximum Gasteiger partial charge on any atom is 0.293 e. The van der Waals surface area contributed by atoms with Gasteiger partial charge in [0, 0.05) is 12.6 Å². The van der Waals surface area contributed by atoms with E-state index in [1.54, 1.807) is 0 Å². The molecule has 7 heteroatoms. The third-order valence-electron chi connectivity index (χ3n) is 4.14. The van der Waals surface area contributed by atoms with Crippen LogP contribution in [0, 0.1) is 15.5 Å². The Morgan fingerprint density at radius 3 is 2.48 bits per heavy atom. The largest absolute Gasteiger partial charge is 0.379 e. The lowest BCUT2D eigenvalue weighted by molar-refractivity contribution is -0.383. The van der Waals surface area contributed by atoms with E-state index in [9.17, 15) is 10.1 Å². The van der Waals surface area contributed by atoms with Crippen LogP contribution in [0.15, 0.2) is 12.1 Å². The summed E-state index contributed by atoms with van der Waals surface area (Å²) in [6, 6.07) is 2.82. The van der Waals surface area contributed by atoms with Crippen molar-refractivity contribution in [3.63, 3.8) is 0 Å². The van der Waals surface area contributed by atoms with E-state index in [4.69, 9.17) is 23.2 Å². The molecule has 0 amide bonds. The normalized spacial score (nSPS) is 18.5. The number of anilines is 1. The second kappa shape index (κ2) is 6.38. The average Bonchev–Trinajstić information content (AvgIpc) is 2.43. The minimum absolute atomic E-state index is 0.0408. The van der Waals surface area contributed by atoms with Crippen LogP contribution < -0.4 is 5.32 Å². The number of halogens is 2. The molecule has 2 rings (SSSR count). The number of likely N-dealkylation sites (tertiary alicyclic amines) is 1. The number of hydrogen-bond acceptors (Lipinski definition) is 4. The van der Waals surface area contributed by atoms with Gasteiger partial charge in [-0.15, -0.1) is 0 Å². The summed E-state index contributed by atoms with van der Waals surface area (Å²) in [5, 5.41) is 14.8. The van der Waals surface area contributed by atoms with Gasteiger partial charge in [0.25, 0.3) is 5.69 Å². The quantitative estimate of drug-likeness (QED) is 0.668. The number of nitro groups is 1. The molecule has 1 aliphatic heterocycles. The van der Waals surface area contributed by atoms with Crippen molar-refractivity contribution in [1.29, 1.82) is 0 Å². The maximum atomic E-state index is 11.1. The molecular weight excluding hydrogens is 313 g/mol. The van der Waals surface area contributed by atoms with Gasteiger partial charge in [-0.05, 0) is 44.5 Å². The van der Waals surface area contributed by atoms with Crippen molar-refractivity contribution in [2.24, 2.45) is 5.41 Å². The first-order valence-electron chi connectivity index (χ1n) is 6.87. The van der Waals surface area contributed by atoms with Gasteiger partial charge in [-0.2, -0.15) is 0 Å². The highest BCUT2D eigenvalue weighted by Crippen LogP contribution is 2.36. The van der Waals surface area contributed by atoms with E-state index in [0.29, 0.717) is 17.3 Å². The summed E-state index contributed by atoms with van der Waals surface area (Å²) >= 11 is 11.8. The zero-order valence-electron chi connectivity index (χ0n) is 12.2. The Labute approximate surface area is 134 Å². The van der Waals surface area contributed by atoms with E-state index in [1.807, 2.05) is 0 Å². The molecule has 0 bridgehead atoms. The van der Waals surface area contributed by atoms with E-state index in [-0.39, 0.29) is 16.1 Å². The van der Waals surface area contributed by atoms with Gasteiger partial charge in [0.1, 0.15) is 5.69 Å². The highest BCUT2D eigenvalue weighted by atomic mass is 35.5. The predicted octanol–water partition coefficient (Wildman–Crippen LogP) is 4.05. The highest BCUT2D eigenvalue weighted by molar-refractivity contribution is 6.42. The molecule has 0 saturated carbocycles. The fourth-order valence-electron chi connectivity index (χ4n) is 2.47. The second-order valence-corrected chi connectivity index (χ2v) is 6.82. The fourth-order valence-corrected chi connectivity index (χ4v) is 2.79. The first-order valence-corrected chi connectivity index (χ1v) is 7.62. The number of nitro benzene ring substituents is 1. The molecule has 1 aromatic carbocycles. The van der Waals surface area contributed by atoms with Crippen molar-refractivity contribution in [1.82, 2.24) is 4.90 Å². The van der Waals surface area contributed by atoms with Gasteiger partial charge in [0.2, 0.25) is 0 Å². The Morgan fingerprint density at radius 2 is 1.90 bits per heavy atom. The molecular formula is C14H19Cl2N3O2. The molecule has 21 heavy (non-hydrogen) atoms. The van der Waals surface area contributed by atoms with Crippen LogP contribution in [0.25, 0.3) is 0 Å². The Morgan fingerprint density at radius 1 is 1.33 bits per heavy atom. The van der Waals surface area contributed by atoms with E-state index in [0.717, 1.165) is 25.9 Å². The molecule has 0 atom stereocenters. The molecule has 1 aromatic rings. The van der Waals surface area contributed by atoms with Crippen molar-refractivity contribution in [2.75, 3.05) is 32.0 Å². The molecule has 1 saturated heterocycles. The molecule has 1 aliphatic rings. The smallest absolute Gasteiger partial charge is 0.293 e. The monoisotopic (exact) mass is 331 g/mol. The van der Waals surface area contributed by atoms with Gasteiger partial charge in [-0.3, -0.25) is 10.1 Å². The topological polar surface area (TPSA) is 58.4 Å². The zero-order valence-corrected chi connectivity index (χ0v) is 13.7. The molecule has 0 aliphatic carbocycles. The van der Waals surface area contributed by atoms with Gasteiger partial charge in [0.15, 0.2) is 0 Å². The zero-order chi connectivity index (χ0) is 15.6. The third kappa shape index (κ3) is 3.99. The summed E-state index contributed by atoms with van der Waals surface area (Å²) in [4.78, 5) is 13.0. The lowest BCUT2D eigenvalue weighted by atomic mass is 9.80. The molecule has 1 heterocycles. The molecule has 1 N–H and O–H groups in total. The number of hydrogen-bond donors (Lipinski definition) is 1. The van der Waals surface area contributed by atoms with E-state index in [1.165, 1.54) is 12.1 Å². The standard InChI is InChI=1S/C14H19Cl2N3O2/c1-14(3-5-18(2)6-4-14)9-17-12-7-10(15)11(16)8-13(12)19(20)21/h7-8,17H,3-6,9H2,1-2H3. The summed E-state index contributed by atoms with van der Waals surface area (Å²) in [5.74, 6) is 0. The first-order chi connectivity index (χ1) is 9.81. The van der Waals surface area contributed by atoms with E-state index < -0.39 is 4.92 Å². The Bertz CT molecular complexity index is 543. The van der Waals surface area contributed by atoms with Crippen LogP contribution in [0.5, 0.6) is 0 Å². The number of nitrogens with one attached hydrogen (secondary N) is 1. The minimum atomic E-state index is -0.443. The van der Waals surface area contributed by atoms with E-state index in [2.05, 4.69) is 24.2 Å². The summed E-state index contributed by atoms with van der Waals surface area (Å²) in [6.07, 6.45) is 2.12. The first kappa shape index (κ1) is 16.3. The van der Waals surface area contributed by atoms with Crippen LogP contribution in [0.2, 0.25) is 10.0 Å². The Kier molecular flexibility index (Phi) is 4.96. The molecule has 0 spiro atoms. The predicted molar refractivity (Wildman–Crippen MR) is 86.4 cm³/mol. The number of rotatable bonds is 4. The summed E-state index contributed by atoms with van der Waals surface area (Å²) in [5.41, 5.74) is 0.516. The summed E-state index contributed by atoms with van der Waals surface area (Å²) < 4.78 is 0. The van der Waals surface area contributed by atoms with Crippen molar-refractivity contribution in [3.05, 3.63) is 32.3 Å². The number of benzene rings is 1. The van der Waals surface area contributed by atoms with Crippen LogP contribution in [-0.4, -0.2) is 36.5 Å². The SMILES string of the molecule is CN1CCC(C)(CNc2cc(Cl)c(Cl)cc2[N+](=O)[O-])CC1. The molecule has 0 unspecified atom stereocenters. The van der Waals surface area contributed by atoms with Crippen LogP contribution >= 0.6 is 23.2 Å². The van der Waals surface area contributed by atoms with Crippen molar-refractivity contribution in [2.45, 2.75) is 19.8 Å². The second-order valence-electron chi connectivity index (χ2n) is 6.01. The van der Waals surface area contributed by atoms with Crippen LogP contribution in [0.3, 0.4) is 0 Å². The maximum absolute atomic E-state index is 11.1. The van der Waals surface area contributed by atoms with Gasteiger partial charge in [0.05, 0.1) is 15.0 Å². The van der Waals surface area contributed by atoms with Crippen molar-refractivity contribution in [3.8, 4) is 0 Å². The molecule has 0 aromatic heterocycles. The number of piperidine rings is 1. The Hall–Kier alpha value is -1.04. The number of nitrogens with zero attached hydrogens (tertiary/aromatic N) is 2. The van der Waals surface area contributed by atoms with Gasteiger partial charge >= 0.3 is 0 Å². The average molecular weight is 332 g/mol. The molecule has 0 radical (unpaired) electrons. The van der Waals surface area contributed by atoms with Gasteiger partial charge in [-0.25, -0.2) is 0 Å². The third-order valence-corrected chi connectivity index (χ3v) is 4.86. The lowest BCUT2D eigenvalue weighted by Crippen LogP contribution is -2.40. The van der Waals surface area contributed by atoms with Crippen LogP contribution in [0.1, 0.15) is 19.8 Å². The summed E-state index contributed by atoms with van der Waals surface area (Å²) in [6.45, 7) is 4.97. The van der Waals surface area contributed by atoms with Gasteiger partial charge < -0.3 is 10.2 Å². The minimum Gasteiger partial charge on any atom is -0.379 e. The van der Waals surface area contributed by atoms with Crippen molar-refractivity contribution < 1.29 is 4.92 Å². The highest BCUT2D eigenvalue weighted by Gasteiger charge is 2.29. The fraction of sp³-hybridized carbons (Fsp3) is 0.571. The van der Waals surface area contributed by atoms with Crippen LogP contribution in [-0.2, 0) is 0 Å².